The Labute approximate surface area is 116 Å². The average molecular weight is 270 g/mol. The van der Waals surface area contributed by atoms with Crippen LogP contribution in [0, 0.1) is 0 Å². The Hall–Kier alpha value is -1.16. The van der Waals surface area contributed by atoms with E-state index in [9.17, 15) is 9.59 Å². The number of allylic oxidation sites excluding steroid dienone is 2. The average Bonchev–Trinajstić information content (AvgIpc) is 2.25. The summed E-state index contributed by atoms with van der Waals surface area (Å²) >= 11 is 0. The molecule has 110 valence electrons. The van der Waals surface area contributed by atoms with Crippen LogP contribution in [0.25, 0.3) is 0 Å². The third-order valence-corrected chi connectivity index (χ3v) is 2.68. The predicted octanol–water partition coefficient (Wildman–Crippen LogP) is 3.05. The zero-order valence-corrected chi connectivity index (χ0v) is 12.7. The number of ketones is 1. The number of hydrogen-bond donors (Lipinski definition) is 0. The summed E-state index contributed by atoms with van der Waals surface area (Å²) in [5.41, 5.74) is 1.26. The third-order valence-electron chi connectivity index (χ3n) is 2.68. The number of carbonyl (C=O) groups excluding carboxylic acids is 2. The molecule has 19 heavy (non-hydrogen) atoms. The summed E-state index contributed by atoms with van der Waals surface area (Å²) < 4.78 is 10.4. The van der Waals surface area contributed by atoms with Crippen molar-refractivity contribution in [2.75, 3.05) is 7.11 Å². The molecule has 0 heterocycles. The van der Waals surface area contributed by atoms with Crippen LogP contribution in [-0.2, 0) is 19.1 Å². The molecule has 0 N–H and O–H groups in total. The van der Waals surface area contributed by atoms with Gasteiger partial charge in [0.05, 0.1) is 12.5 Å². The largest absolute Gasteiger partial charge is 0.462 e. The van der Waals surface area contributed by atoms with Gasteiger partial charge in [-0.25, -0.2) is 0 Å². The number of methoxy groups -OCH3 is 1. The Morgan fingerprint density at radius 3 is 2.26 bits per heavy atom. The Bertz CT molecular complexity index is 316. The summed E-state index contributed by atoms with van der Waals surface area (Å²) in [6.07, 6.45) is 3.80. The van der Waals surface area contributed by atoms with Gasteiger partial charge in [-0.15, -0.1) is 0 Å². The summed E-state index contributed by atoms with van der Waals surface area (Å²) in [5.74, 6) is -0.287. The fourth-order valence-electron chi connectivity index (χ4n) is 1.77. The molecule has 0 aliphatic heterocycles. The zero-order valence-electron chi connectivity index (χ0n) is 12.7. The SMILES string of the molecule is CO[C@@H](CCC=C(C)C)CC(=O)O[C@@H](C)CC(C)=O. The Morgan fingerprint density at radius 2 is 1.79 bits per heavy atom. The molecule has 0 aromatic heterocycles. The standard InChI is InChI=1S/C15H26O4/c1-11(2)7-6-8-14(18-5)10-15(17)19-13(4)9-12(3)16/h7,13-14H,6,8-10H2,1-5H3/t13-,14-/m0/s1. The number of ether oxygens (including phenoxy) is 2. The van der Waals surface area contributed by atoms with Gasteiger partial charge in [-0.2, -0.15) is 0 Å². The van der Waals surface area contributed by atoms with Crippen LogP contribution in [0.4, 0.5) is 0 Å². The second-order valence-electron chi connectivity index (χ2n) is 5.13. The van der Waals surface area contributed by atoms with Gasteiger partial charge >= 0.3 is 5.97 Å². The van der Waals surface area contributed by atoms with E-state index < -0.39 is 0 Å². The maximum atomic E-state index is 11.7. The first kappa shape index (κ1) is 17.8. The molecule has 0 saturated heterocycles. The molecular formula is C15H26O4. The molecular weight excluding hydrogens is 244 g/mol. The van der Waals surface area contributed by atoms with Crippen LogP contribution < -0.4 is 0 Å². The molecule has 0 amide bonds. The molecule has 0 unspecified atom stereocenters. The zero-order chi connectivity index (χ0) is 14.8. The molecule has 4 nitrogen and oxygen atoms in total. The minimum absolute atomic E-state index is 0.0205. The summed E-state index contributed by atoms with van der Waals surface area (Å²) in [6.45, 7) is 7.30. The fourth-order valence-corrected chi connectivity index (χ4v) is 1.77. The molecule has 0 saturated carbocycles. The summed E-state index contributed by atoms with van der Waals surface area (Å²) in [5, 5.41) is 0. The van der Waals surface area contributed by atoms with E-state index >= 15 is 0 Å². The fraction of sp³-hybridized carbons (Fsp3) is 0.733. The molecule has 0 rings (SSSR count). The second kappa shape index (κ2) is 9.73. The molecule has 0 aromatic rings. The van der Waals surface area contributed by atoms with E-state index in [0.29, 0.717) is 0 Å². The van der Waals surface area contributed by atoms with Crippen LogP contribution in [0.2, 0.25) is 0 Å². The molecule has 0 aliphatic carbocycles. The molecule has 0 aliphatic rings. The van der Waals surface area contributed by atoms with Gasteiger partial charge in [-0.05, 0) is 40.5 Å². The van der Waals surface area contributed by atoms with E-state index in [1.165, 1.54) is 12.5 Å². The van der Waals surface area contributed by atoms with Gasteiger partial charge in [0.1, 0.15) is 11.9 Å². The first-order valence-electron chi connectivity index (χ1n) is 6.70. The van der Waals surface area contributed by atoms with Crippen molar-refractivity contribution in [1.29, 1.82) is 0 Å². The summed E-state index contributed by atoms with van der Waals surface area (Å²) in [4.78, 5) is 22.6. The lowest BCUT2D eigenvalue weighted by Gasteiger charge is -2.16. The van der Waals surface area contributed by atoms with Crippen LogP contribution in [0.5, 0.6) is 0 Å². The second-order valence-corrected chi connectivity index (χ2v) is 5.13. The van der Waals surface area contributed by atoms with Gasteiger partial charge in [0.15, 0.2) is 0 Å². The van der Waals surface area contributed by atoms with Gasteiger partial charge in [-0.1, -0.05) is 11.6 Å². The van der Waals surface area contributed by atoms with Crippen molar-refractivity contribution in [1.82, 2.24) is 0 Å². The topological polar surface area (TPSA) is 52.6 Å². The molecule has 0 fully saturated rings. The van der Waals surface area contributed by atoms with E-state index in [2.05, 4.69) is 6.08 Å². The molecule has 0 spiro atoms. The number of carbonyl (C=O) groups is 2. The highest BCUT2D eigenvalue weighted by molar-refractivity contribution is 5.76. The minimum Gasteiger partial charge on any atom is -0.462 e. The van der Waals surface area contributed by atoms with Crippen LogP contribution in [0.3, 0.4) is 0 Å². The van der Waals surface area contributed by atoms with E-state index in [1.807, 2.05) is 13.8 Å². The minimum atomic E-state index is -0.361. The lowest BCUT2D eigenvalue weighted by molar-refractivity contribution is -0.151. The van der Waals surface area contributed by atoms with E-state index in [1.54, 1.807) is 14.0 Å². The van der Waals surface area contributed by atoms with E-state index in [4.69, 9.17) is 9.47 Å². The van der Waals surface area contributed by atoms with Crippen molar-refractivity contribution in [3.8, 4) is 0 Å². The molecule has 0 radical (unpaired) electrons. The molecule has 0 aromatic carbocycles. The van der Waals surface area contributed by atoms with Crippen molar-refractivity contribution in [3.63, 3.8) is 0 Å². The van der Waals surface area contributed by atoms with Crippen LogP contribution in [0.1, 0.15) is 53.4 Å². The van der Waals surface area contributed by atoms with Crippen LogP contribution in [0.15, 0.2) is 11.6 Å². The smallest absolute Gasteiger partial charge is 0.308 e. The summed E-state index contributed by atoms with van der Waals surface area (Å²) in [7, 11) is 1.60. The van der Waals surface area contributed by atoms with E-state index in [-0.39, 0.29) is 36.8 Å². The van der Waals surface area contributed by atoms with Gasteiger partial charge in [0, 0.05) is 13.5 Å². The normalized spacial score (nSPS) is 13.5. The van der Waals surface area contributed by atoms with Crippen molar-refractivity contribution in [3.05, 3.63) is 11.6 Å². The monoisotopic (exact) mass is 270 g/mol. The maximum Gasteiger partial charge on any atom is 0.308 e. The van der Waals surface area contributed by atoms with Crippen LogP contribution >= 0.6 is 0 Å². The lowest BCUT2D eigenvalue weighted by Crippen LogP contribution is -2.22. The van der Waals surface area contributed by atoms with Crippen molar-refractivity contribution < 1.29 is 19.1 Å². The Morgan fingerprint density at radius 1 is 1.16 bits per heavy atom. The number of hydrogen-bond acceptors (Lipinski definition) is 4. The molecule has 2 atom stereocenters. The van der Waals surface area contributed by atoms with Gasteiger partial charge < -0.3 is 9.47 Å². The molecule has 4 heteroatoms. The summed E-state index contributed by atoms with van der Waals surface area (Å²) in [6, 6.07) is 0. The third kappa shape index (κ3) is 10.4. The maximum absolute atomic E-state index is 11.7. The molecule has 0 bridgehead atoms. The van der Waals surface area contributed by atoms with Crippen molar-refractivity contribution in [2.45, 2.75) is 65.6 Å². The van der Waals surface area contributed by atoms with Gasteiger partial charge in [0.2, 0.25) is 0 Å². The first-order chi connectivity index (χ1) is 8.85. The van der Waals surface area contributed by atoms with Crippen LogP contribution in [-0.4, -0.2) is 31.1 Å². The number of Topliss-reactive ketones (excluding diaryl/α,β-unsaturated/α-hetero) is 1. The number of esters is 1. The first-order valence-corrected chi connectivity index (χ1v) is 6.70. The van der Waals surface area contributed by atoms with Gasteiger partial charge in [-0.3, -0.25) is 9.59 Å². The van der Waals surface area contributed by atoms with Gasteiger partial charge in [0.25, 0.3) is 0 Å². The Kier molecular flexibility index (Phi) is 9.13. The van der Waals surface area contributed by atoms with Crippen molar-refractivity contribution in [2.24, 2.45) is 0 Å². The Balaban J connectivity index is 4.05. The quantitative estimate of drug-likeness (QED) is 0.477. The highest BCUT2D eigenvalue weighted by atomic mass is 16.5. The predicted molar refractivity (Wildman–Crippen MR) is 74.9 cm³/mol. The lowest BCUT2D eigenvalue weighted by atomic mass is 10.1. The highest BCUT2D eigenvalue weighted by Crippen LogP contribution is 2.10. The number of rotatable bonds is 9. The van der Waals surface area contributed by atoms with Crippen molar-refractivity contribution >= 4 is 11.8 Å². The van der Waals surface area contributed by atoms with E-state index in [0.717, 1.165) is 12.8 Å². The highest BCUT2D eigenvalue weighted by Gasteiger charge is 2.16.